The van der Waals surface area contributed by atoms with Gasteiger partial charge in [-0.15, -0.1) is 0 Å². The second-order valence-electron chi connectivity index (χ2n) is 6.46. The number of rotatable bonds is 3. The molecule has 3 rings (SSSR count). The van der Waals surface area contributed by atoms with Gasteiger partial charge in [-0.1, -0.05) is 0 Å². The third-order valence-electron chi connectivity index (χ3n) is 4.52. The Bertz CT molecular complexity index is 712. The summed E-state index contributed by atoms with van der Waals surface area (Å²) in [6.45, 7) is 5.69. The van der Waals surface area contributed by atoms with Crippen LogP contribution in [0.2, 0.25) is 0 Å². The van der Waals surface area contributed by atoms with Crippen molar-refractivity contribution in [3.63, 3.8) is 0 Å². The minimum absolute atomic E-state index is 0.0169. The minimum atomic E-state index is -0.0169. The van der Waals surface area contributed by atoms with E-state index >= 15 is 0 Å². The molecule has 0 unspecified atom stereocenters. The van der Waals surface area contributed by atoms with Gasteiger partial charge in [0.25, 0.3) is 5.91 Å². The predicted molar refractivity (Wildman–Crippen MR) is 92.0 cm³/mol. The van der Waals surface area contributed by atoms with Crippen molar-refractivity contribution in [2.24, 2.45) is 7.05 Å². The lowest BCUT2D eigenvalue weighted by molar-refractivity contribution is 0.0702. The molecule has 0 aliphatic carbocycles. The molecule has 2 aromatic heterocycles. The smallest absolute Gasteiger partial charge is 0.274 e. The molecule has 24 heavy (non-hydrogen) atoms. The summed E-state index contributed by atoms with van der Waals surface area (Å²) < 4.78 is 1.65. The van der Waals surface area contributed by atoms with E-state index in [0.29, 0.717) is 5.69 Å². The molecule has 2 aromatic rings. The minimum Gasteiger partial charge on any atom is -0.341 e. The Morgan fingerprint density at radius 2 is 1.83 bits per heavy atom. The Kier molecular flexibility index (Phi) is 4.51. The fourth-order valence-corrected chi connectivity index (χ4v) is 3.18. The third kappa shape index (κ3) is 3.39. The molecule has 7 nitrogen and oxygen atoms in total. The van der Waals surface area contributed by atoms with Crippen LogP contribution in [0.5, 0.6) is 0 Å². The SMILES string of the molecule is Cc1cc(C)nc(N2CCC(N(C)C(=O)c3ccn(C)n3)CC2)n1. The Morgan fingerprint density at radius 3 is 2.38 bits per heavy atom. The number of carbonyl (C=O) groups is 1. The standard InChI is InChI=1S/C17H24N6O/c1-12-11-13(2)19-17(18-12)23-9-5-14(6-10-23)22(4)16(24)15-7-8-21(3)20-15/h7-8,11,14H,5-6,9-10H2,1-4H3. The van der Waals surface area contributed by atoms with Gasteiger partial charge in [0, 0.05) is 50.8 Å². The van der Waals surface area contributed by atoms with Crippen LogP contribution in [0.4, 0.5) is 5.95 Å². The van der Waals surface area contributed by atoms with Crippen molar-refractivity contribution in [1.82, 2.24) is 24.6 Å². The number of hydrogen-bond donors (Lipinski definition) is 0. The van der Waals surface area contributed by atoms with Gasteiger partial charge in [0.2, 0.25) is 5.95 Å². The summed E-state index contributed by atoms with van der Waals surface area (Å²) >= 11 is 0. The molecule has 0 saturated carbocycles. The van der Waals surface area contributed by atoms with Gasteiger partial charge in [-0.3, -0.25) is 9.48 Å². The van der Waals surface area contributed by atoms with Crippen LogP contribution in [0.15, 0.2) is 18.3 Å². The number of aromatic nitrogens is 4. The quantitative estimate of drug-likeness (QED) is 0.855. The first-order valence-corrected chi connectivity index (χ1v) is 8.28. The summed E-state index contributed by atoms with van der Waals surface area (Å²) in [5, 5.41) is 4.20. The van der Waals surface area contributed by atoms with Crippen molar-refractivity contribution in [1.29, 1.82) is 0 Å². The van der Waals surface area contributed by atoms with E-state index in [4.69, 9.17) is 0 Å². The third-order valence-corrected chi connectivity index (χ3v) is 4.52. The molecule has 1 saturated heterocycles. The molecule has 3 heterocycles. The molecule has 128 valence electrons. The first-order chi connectivity index (χ1) is 11.4. The Labute approximate surface area is 142 Å². The highest BCUT2D eigenvalue weighted by Crippen LogP contribution is 2.21. The second-order valence-corrected chi connectivity index (χ2v) is 6.46. The van der Waals surface area contributed by atoms with E-state index in [9.17, 15) is 4.79 Å². The van der Waals surface area contributed by atoms with Crippen LogP contribution in [0.3, 0.4) is 0 Å². The molecular weight excluding hydrogens is 304 g/mol. The Balaban J connectivity index is 1.63. The van der Waals surface area contributed by atoms with Crippen LogP contribution in [0.1, 0.15) is 34.7 Å². The van der Waals surface area contributed by atoms with E-state index in [1.807, 2.05) is 38.9 Å². The van der Waals surface area contributed by atoms with Crippen LogP contribution < -0.4 is 4.90 Å². The highest BCUT2D eigenvalue weighted by atomic mass is 16.2. The lowest BCUT2D eigenvalue weighted by Gasteiger charge is -2.36. The zero-order chi connectivity index (χ0) is 17.3. The lowest BCUT2D eigenvalue weighted by Crippen LogP contribution is -2.46. The van der Waals surface area contributed by atoms with E-state index in [1.54, 1.807) is 16.9 Å². The molecule has 1 aliphatic heterocycles. The van der Waals surface area contributed by atoms with Crippen LogP contribution >= 0.6 is 0 Å². The van der Waals surface area contributed by atoms with Crippen molar-refractivity contribution in [3.05, 3.63) is 35.4 Å². The summed E-state index contributed by atoms with van der Waals surface area (Å²) in [5.74, 6) is 0.779. The average molecular weight is 328 g/mol. The monoisotopic (exact) mass is 328 g/mol. The molecule has 0 aromatic carbocycles. The summed E-state index contributed by atoms with van der Waals surface area (Å²) in [4.78, 5) is 25.6. The van der Waals surface area contributed by atoms with Gasteiger partial charge in [0.1, 0.15) is 5.69 Å². The molecule has 0 bridgehead atoms. The molecule has 0 radical (unpaired) electrons. The van der Waals surface area contributed by atoms with Gasteiger partial charge in [0.05, 0.1) is 0 Å². The van der Waals surface area contributed by atoms with Gasteiger partial charge in [-0.2, -0.15) is 5.10 Å². The fraction of sp³-hybridized carbons (Fsp3) is 0.529. The van der Waals surface area contributed by atoms with Crippen molar-refractivity contribution in [2.45, 2.75) is 32.7 Å². The number of hydrogen-bond acceptors (Lipinski definition) is 5. The number of amides is 1. The van der Waals surface area contributed by atoms with Crippen molar-refractivity contribution < 1.29 is 4.79 Å². The first-order valence-electron chi connectivity index (χ1n) is 8.28. The summed E-state index contributed by atoms with van der Waals surface area (Å²) in [5.41, 5.74) is 2.48. The first kappa shape index (κ1) is 16.4. The Morgan fingerprint density at radius 1 is 1.21 bits per heavy atom. The zero-order valence-corrected chi connectivity index (χ0v) is 14.7. The zero-order valence-electron chi connectivity index (χ0n) is 14.7. The normalized spacial score (nSPS) is 15.6. The van der Waals surface area contributed by atoms with E-state index in [-0.39, 0.29) is 11.9 Å². The number of anilines is 1. The highest BCUT2D eigenvalue weighted by Gasteiger charge is 2.28. The maximum Gasteiger partial charge on any atom is 0.274 e. The van der Waals surface area contributed by atoms with Crippen molar-refractivity contribution >= 4 is 11.9 Å². The number of piperidine rings is 1. The topological polar surface area (TPSA) is 67.2 Å². The van der Waals surface area contributed by atoms with E-state index in [2.05, 4.69) is 20.0 Å². The number of aryl methyl sites for hydroxylation is 3. The van der Waals surface area contributed by atoms with Crippen LogP contribution in [-0.2, 0) is 7.05 Å². The van der Waals surface area contributed by atoms with E-state index < -0.39 is 0 Å². The van der Waals surface area contributed by atoms with Gasteiger partial charge in [-0.05, 0) is 38.8 Å². The highest BCUT2D eigenvalue weighted by molar-refractivity contribution is 5.92. The van der Waals surface area contributed by atoms with Gasteiger partial charge in [-0.25, -0.2) is 9.97 Å². The van der Waals surface area contributed by atoms with Gasteiger partial charge < -0.3 is 9.80 Å². The van der Waals surface area contributed by atoms with Crippen LogP contribution in [0, 0.1) is 13.8 Å². The van der Waals surface area contributed by atoms with E-state index in [0.717, 1.165) is 43.3 Å². The summed E-state index contributed by atoms with van der Waals surface area (Å²) in [7, 11) is 3.68. The average Bonchev–Trinajstić information content (AvgIpc) is 2.99. The second kappa shape index (κ2) is 6.59. The van der Waals surface area contributed by atoms with Crippen molar-refractivity contribution in [2.75, 3.05) is 25.0 Å². The van der Waals surface area contributed by atoms with Gasteiger partial charge in [0.15, 0.2) is 0 Å². The van der Waals surface area contributed by atoms with E-state index in [1.165, 1.54) is 0 Å². The summed E-state index contributed by atoms with van der Waals surface area (Å²) in [6, 6.07) is 3.97. The molecule has 1 amide bonds. The molecule has 0 N–H and O–H groups in total. The molecule has 7 heteroatoms. The van der Waals surface area contributed by atoms with Crippen LogP contribution in [0.25, 0.3) is 0 Å². The molecular formula is C17H24N6O. The van der Waals surface area contributed by atoms with Crippen LogP contribution in [-0.4, -0.2) is 56.7 Å². The molecule has 1 aliphatic rings. The maximum atomic E-state index is 12.5. The fourth-order valence-electron chi connectivity index (χ4n) is 3.18. The lowest BCUT2D eigenvalue weighted by atomic mass is 10.0. The predicted octanol–water partition coefficient (Wildman–Crippen LogP) is 1.57. The molecule has 0 spiro atoms. The Hall–Kier alpha value is -2.44. The molecule has 0 atom stereocenters. The maximum absolute atomic E-state index is 12.5. The van der Waals surface area contributed by atoms with Crippen molar-refractivity contribution in [3.8, 4) is 0 Å². The largest absolute Gasteiger partial charge is 0.341 e. The number of nitrogens with zero attached hydrogens (tertiary/aromatic N) is 6. The molecule has 1 fully saturated rings. The van der Waals surface area contributed by atoms with Gasteiger partial charge >= 0.3 is 0 Å². The number of carbonyl (C=O) groups excluding carboxylic acids is 1. The summed E-state index contributed by atoms with van der Waals surface area (Å²) in [6.07, 6.45) is 3.61.